The van der Waals surface area contributed by atoms with Gasteiger partial charge in [-0.2, -0.15) is 0 Å². The van der Waals surface area contributed by atoms with E-state index in [0.717, 1.165) is 25.4 Å². The maximum Gasteiger partial charge on any atom is 0.0777 e. The Labute approximate surface area is 128 Å². The summed E-state index contributed by atoms with van der Waals surface area (Å²) in [5.74, 6) is 0.772. The molecule has 0 bridgehead atoms. The minimum absolute atomic E-state index is 0.0276. The van der Waals surface area contributed by atoms with Gasteiger partial charge in [-0.1, -0.05) is 24.3 Å². The Morgan fingerprint density at radius 1 is 1.38 bits per heavy atom. The molecule has 1 aliphatic carbocycles. The van der Waals surface area contributed by atoms with Crippen molar-refractivity contribution in [2.24, 2.45) is 5.73 Å². The van der Waals surface area contributed by atoms with Gasteiger partial charge in [-0.25, -0.2) is 0 Å². The zero-order valence-electron chi connectivity index (χ0n) is 13.3. The highest BCUT2D eigenvalue weighted by Crippen LogP contribution is 2.44. The molecule has 21 heavy (non-hydrogen) atoms. The van der Waals surface area contributed by atoms with Gasteiger partial charge in [0, 0.05) is 26.2 Å². The van der Waals surface area contributed by atoms with Crippen molar-refractivity contribution in [1.29, 1.82) is 0 Å². The van der Waals surface area contributed by atoms with Crippen LogP contribution in [0.15, 0.2) is 24.3 Å². The van der Waals surface area contributed by atoms with E-state index >= 15 is 0 Å². The lowest BCUT2D eigenvalue weighted by Gasteiger charge is -2.43. The first kappa shape index (κ1) is 15.0. The molecule has 1 aliphatic heterocycles. The Morgan fingerprint density at radius 3 is 2.81 bits per heavy atom. The van der Waals surface area contributed by atoms with Gasteiger partial charge >= 0.3 is 0 Å². The van der Waals surface area contributed by atoms with Crippen molar-refractivity contribution >= 4 is 0 Å². The summed E-state index contributed by atoms with van der Waals surface area (Å²) in [6.45, 7) is 5.01. The first-order chi connectivity index (χ1) is 10.2. The van der Waals surface area contributed by atoms with Crippen molar-refractivity contribution in [1.82, 2.24) is 4.90 Å². The molecule has 0 spiro atoms. The maximum absolute atomic E-state index is 6.17. The zero-order chi connectivity index (χ0) is 14.9. The lowest BCUT2D eigenvalue weighted by atomic mass is 9.90. The monoisotopic (exact) mass is 288 g/mol. The van der Waals surface area contributed by atoms with Gasteiger partial charge in [-0.15, -0.1) is 0 Å². The topological polar surface area (TPSA) is 38.5 Å². The highest BCUT2D eigenvalue weighted by molar-refractivity contribution is 5.36. The molecule has 1 saturated heterocycles. The Hall–Kier alpha value is -0.900. The van der Waals surface area contributed by atoms with E-state index in [1.807, 2.05) is 7.11 Å². The molecule has 3 heteroatoms. The molecule has 0 aromatic heterocycles. The third-order valence-electron chi connectivity index (χ3n) is 5.22. The predicted octanol–water partition coefficient (Wildman–Crippen LogP) is 3.06. The molecule has 3 nitrogen and oxygen atoms in total. The summed E-state index contributed by atoms with van der Waals surface area (Å²) in [6, 6.07) is 9.24. The molecule has 116 valence electrons. The number of ether oxygens (including phenoxy) is 1. The van der Waals surface area contributed by atoms with Crippen molar-refractivity contribution in [3.05, 3.63) is 35.4 Å². The standard InChI is InChI=1S/C18H28N2O/c1-18(21-2)10-5-11-20(13-18)17(12-19)16-7-4-3-6-15(16)14-8-9-14/h3-4,6-7,14,17H,5,8-13,19H2,1-2H3. The molecule has 0 radical (unpaired) electrons. The summed E-state index contributed by atoms with van der Waals surface area (Å²) in [6.07, 6.45) is 5.00. The van der Waals surface area contributed by atoms with Crippen molar-refractivity contribution in [2.75, 3.05) is 26.7 Å². The molecule has 1 aromatic carbocycles. The van der Waals surface area contributed by atoms with E-state index in [4.69, 9.17) is 10.5 Å². The maximum atomic E-state index is 6.17. The van der Waals surface area contributed by atoms with Crippen molar-refractivity contribution in [3.63, 3.8) is 0 Å². The number of hydrogen-bond donors (Lipinski definition) is 1. The van der Waals surface area contributed by atoms with Crippen molar-refractivity contribution in [3.8, 4) is 0 Å². The molecular formula is C18H28N2O. The quantitative estimate of drug-likeness (QED) is 0.905. The van der Waals surface area contributed by atoms with Crippen LogP contribution in [0.4, 0.5) is 0 Å². The number of likely N-dealkylation sites (tertiary alicyclic amines) is 1. The zero-order valence-corrected chi connectivity index (χ0v) is 13.3. The molecule has 2 fully saturated rings. The molecule has 1 heterocycles. The SMILES string of the molecule is COC1(C)CCCN(C(CN)c2ccccc2C2CC2)C1. The fourth-order valence-electron chi connectivity index (χ4n) is 3.73. The number of benzene rings is 1. The summed E-state index contributed by atoms with van der Waals surface area (Å²) in [5.41, 5.74) is 9.12. The second kappa shape index (κ2) is 6.07. The average Bonchev–Trinajstić information content (AvgIpc) is 3.33. The van der Waals surface area contributed by atoms with Crippen LogP contribution >= 0.6 is 0 Å². The van der Waals surface area contributed by atoms with Crippen LogP contribution in [0, 0.1) is 0 Å². The van der Waals surface area contributed by atoms with Crippen LogP contribution < -0.4 is 5.73 Å². The van der Waals surface area contributed by atoms with Gasteiger partial charge in [0.15, 0.2) is 0 Å². The third kappa shape index (κ3) is 3.15. The minimum atomic E-state index is -0.0276. The van der Waals surface area contributed by atoms with Crippen LogP contribution in [0.25, 0.3) is 0 Å². The summed E-state index contributed by atoms with van der Waals surface area (Å²) in [7, 11) is 1.83. The van der Waals surface area contributed by atoms with Crippen LogP contribution in [-0.2, 0) is 4.74 Å². The summed E-state index contributed by atoms with van der Waals surface area (Å²) in [4.78, 5) is 2.54. The predicted molar refractivity (Wildman–Crippen MR) is 86.4 cm³/mol. The van der Waals surface area contributed by atoms with Crippen LogP contribution in [0.5, 0.6) is 0 Å². The highest BCUT2D eigenvalue weighted by Gasteiger charge is 2.36. The van der Waals surface area contributed by atoms with E-state index in [-0.39, 0.29) is 5.60 Å². The lowest BCUT2D eigenvalue weighted by molar-refractivity contribution is -0.0609. The first-order valence-electron chi connectivity index (χ1n) is 8.25. The van der Waals surface area contributed by atoms with Gasteiger partial charge in [0.1, 0.15) is 0 Å². The number of nitrogens with zero attached hydrogens (tertiary/aromatic N) is 1. The Balaban J connectivity index is 1.85. The molecule has 1 aromatic rings. The van der Waals surface area contributed by atoms with E-state index in [2.05, 4.69) is 36.1 Å². The van der Waals surface area contributed by atoms with E-state index in [1.54, 1.807) is 0 Å². The fraction of sp³-hybridized carbons (Fsp3) is 0.667. The van der Waals surface area contributed by atoms with Gasteiger partial charge in [-0.05, 0) is 56.2 Å². The summed E-state index contributed by atoms with van der Waals surface area (Å²) < 4.78 is 5.75. The number of methoxy groups -OCH3 is 1. The summed E-state index contributed by atoms with van der Waals surface area (Å²) >= 11 is 0. The largest absolute Gasteiger partial charge is 0.377 e. The third-order valence-corrected chi connectivity index (χ3v) is 5.22. The minimum Gasteiger partial charge on any atom is -0.377 e. The number of hydrogen-bond acceptors (Lipinski definition) is 3. The van der Waals surface area contributed by atoms with Crippen molar-refractivity contribution < 1.29 is 4.74 Å². The van der Waals surface area contributed by atoms with E-state index < -0.39 is 0 Å². The van der Waals surface area contributed by atoms with E-state index in [0.29, 0.717) is 12.6 Å². The number of piperidine rings is 1. The molecule has 2 atom stereocenters. The number of nitrogens with two attached hydrogens (primary N) is 1. The molecule has 2 N–H and O–H groups in total. The second-order valence-electron chi connectivity index (χ2n) is 6.88. The molecule has 2 aliphatic rings. The van der Waals surface area contributed by atoms with Gasteiger partial charge in [0.2, 0.25) is 0 Å². The number of rotatable bonds is 5. The van der Waals surface area contributed by atoms with Gasteiger partial charge < -0.3 is 10.5 Å². The molecule has 3 rings (SSSR count). The Bertz CT molecular complexity index is 486. The molecular weight excluding hydrogens is 260 g/mol. The normalized spacial score (nSPS) is 28.5. The fourth-order valence-corrected chi connectivity index (χ4v) is 3.73. The smallest absolute Gasteiger partial charge is 0.0777 e. The van der Waals surface area contributed by atoms with Crippen LogP contribution in [0.3, 0.4) is 0 Å². The van der Waals surface area contributed by atoms with Crippen LogP contribution in [-0.4, -0.2) is 37.2 Å². The first-order valence-corrected chi connectivity index (χ1v) is 8.25. The van der Waals surface area contributed by atoms with Crippen LogP contribution in [0.1, 0.15) is 55.7 Å². The van der Waals surface area contributed by atoms with E-state index in [1.165, 1.54) is 30.4 Å². The van der Waals surface area contributed by atoms with Crippen LogP contribution in [0.2, 0.25) is 0 Å². The Kier molecular flexibility index (Phi) is 4.34. The van der Waals surface area contributed by atoms with Gasteiger partial charge in [0.25, 0.3) is 0 Å². The molecule has 0 amide bonds. The molecule has 2 unspecified atom stereocenters. The lowest BCUT2D eigenvalue weighted by Crippen LogP contribution is -2.50. The second-order valence-corrected chi connectivity index (χ2v) is 6.88. The Morgan fingerprint density at radius 2 is 2.14 bits per heavy atom. The highest BCUT2D eigenvalue weighted by atomic mass is 16.5. The van der Waals surface area contributed by atoms with Crippen molar-refractivity contribution in [2.45, 2.75) is 50.2 Å². The van der Waals surface area contributed by atoms with E-state index in [9.17, 15) is 0 Å². The average molecular weight is 288 g/mol. The molecule has 1 saturated carbocycles. The van der Waals surface area contributed by atoms with Gasteiger partial charge in [-0.3, -0.25) is 4.90 Å². The summed E-state index contributed by atoms with van der Waals surface area (Å²) in [5, 5.41) is 0. The van der Waals surface area contributed by atoms with Gasteiger partial charge in [0.05, 0.1) is 5.60 Å².